The fraction of sp³-hybridized carbons (Fsp3) is 0.857. The second-order valence-corrected chi connectivity index (χ2v) is 16.7. The largest absolute Gasteiger partial charge is 0.485 e. The molecule has 0 radical (unpaired) electrons. The van der Waals surface area contributed by atoms with Crippen LogP contribution in [0.3, 0.4) is 0 Å². The van der Waals surface area contributed by atoms with Gasteiger partial charge in [-0.05, 0) is 84.3 Å². The summed E-state index contributed by atoms with van der Waals surface area (Å²) in [6.07, 6.45) is 37.9. The Morgan fingerprint density at radius 1 is 0.586 bits per heavy atom. The summed E-state index contributed by atoms with van der Waals surface area (Å²) in [6.45, 7) is 9.95. The normalized spacial score (nSPS) is 14.5. The number of hydrogen-bond acceptors (Lipinski definition) is 8. The number of allylic oxidation sites excluding steroid dienone is 4. The van der Waals surface area contributed by atoms with E-state index in [0.29, 0.717) is 26.1 Å². The molecule has 1 aliphatic rings. The first-order valence-electron chi connectivity index (χ1n) is 24.1. The number of piperidine rings is 1. The standard InChI is InChI=1S/C49H89NO8/c1-5-8-11-14-17-18-19-20-21-22-23-24-25-26-29-32-46(51)56-41-44(43-58-49(53)45-35-37-50(4)38-36-45)42-57-47(52)33-34-48(54-39-30-27-15-12-9-6-2)55-40-31-28-16-13-10-7-3/h17-18,20-21,44-45,48H,5-16,19,22-43H2,1-4H3/p+1/b18-17-,21-20-. The number of rotatable bonds is 40. The SMILES string of the molecule is CCCCC/C=C\C/C=C\CCCCCCCC(=O)OCC(COC(=O)CCC(OCCCCCCCC)OCCCCCCCC)COC(=[OH+])C1CCN(C)CC1. The lowest BCUT2D eigenvalue weighted by atomic mass is 9.97. The number of likely N-dealkylation sites (tertiary alicyclic amines) is 1. The molecule has 0 aromatic rings. The molecule has 1 heterocycles. The van der Waals surface area contributed by atoms with Gasteiger partial charge in [0.05, 0.1) is 12.3 Å². The van der Waals surface area contributed by atoms with E-state index in [9.17, 15) is 14.4 Å². The minimum absolute atomic E-state index is 0.0220. The van der Waals surface area contributed by atoms with Crippen molar-refractivity contribution < 1.29 is 38.1 Å². The molecule has 9 nitrogen and oxygen atoms in total. The van der Waals surface area contributed by atoms with E-state index >= 15 is 0 Å². The highest BCUT2D eigenvalue weighted by molar-refractivity contribution is 5.73. The van der Waals surface area contributed by atoms with E-state index in [1.54, 1.807) is 0 Å². The predicted molar refractivity (Wildman–Crippen MR) is 240 cm³/mol. The molecule has 0 aromatic heterocycles. The van der Waals surface area contributed by atoms with Gasteiger partial charge in [0.1, 0.15) is 19.1 Å². The molecule has 1 N–H and O–H groups in total. The summed E-state index contributed by atoms with van der Waals surface area (Å²) in [6, 6.07) is 0. The van der Waals surface area contributed by atoms with Crippen LogP contribution in [0.15, 0.2) is 24.3 Å². The summed E-state index contributed by atoms with van der Waals surface area (Å²) in [5, 5.41) is 0. The number of carbonyl (C=O) groups excluding carboxylic acids is 3. The Balaban J connectivity index is 2.50. The molecule has 9 heteroatoms. The molecule has 338 valence electrons. The van der Waals surface area contributed by atoms with E-state index in [2.05, 4.69) is 57.0 Å². The summed E-state index contributed by atoms with van der Waals surface area (Å²) < 4.78 is 29.4. The smallest absolute Gasteiger partial charge is 0.465 e. The lowest BCUT2D eigenvalue weighted by Gasteiger charge is -2.25. The third kappa shape index (κ3) is 33.6. The number of nitrogens with zero attached hydrogens (tertiary/aromatic N) is 1. The van der Waals surface area contributed by atoms with Gasteiger partial charge < -0.3 is 33.4 Å². The zero-order valence-electron chi connectivity index (χ0n) is 38.0. The van der Waals surface area contributed by atoms with Crippen LogP contribution in [0.5, 0.6) is 0 Å². The van der Waals surface area contributed by atoms with Crippen molar-refractivity contribution in [1.82, 2.24) is 4.90 Å². The van der Waals surface area contributed by atoms with Crippen LogP contribution in [-0.2, 0) is 33.3 Å². The maximum absolute atomic E-state index is 13.0. The summed E-state index contributed by atoms with van der Waals surface area (Å²) in [4.78, 5) is 38.6. The van der Waals surface area contributed by atoms with E-state index in [1.807, 2.05) is 0 Å². The number of esters is 3. The number of unbranched alkanes of at least 4 members (excludes halogenated alkanes) is 18. The zero-order chi connectivity index (χ0) is 42.2. The molecule has 1 unspecified atom stereocenters. The van der Waals surface area contributed by atoms with Crippen LogP contribution in [0.25, 0.3) is 0 Å². The highest BCUT2D eigenvalue weighted by Gasteiger charge is 2.32. The molecule has 1 saturated heterocycles. The van der Waals surface area contributed by atoms with Crippen molar-refractivity contribution in [3.63, 3.8) is 0 Å². The van der Waals surface area contributed by atoms with Crippen LogP contribution >= 0.6 is 0 Å². The summed E-state index contributed by atoms with van der Waals surface area (Å²) >= 11 is 0. The lowest BCUT2D eigenvalue weighted by molar-refractivity contribution is -0.161. The molecular formula is C49H90NO8+. The average molecular weight is 821 g/mol. The van der Waals surface area contributed by atoms with Crippen molar-refractivity contribution in [2.24, 2.45) is 11.8 Å². The number of carbonyl (C=O) groups is 2. The number of ether oxygens (including phenoxy) is 5. The minimum Gasteiger partial charge on any atom is -0.465 e. The molecule has 1 atom stereocenters. The third-order valence-electron chi connectivity index (χ3n) is 11.0. The molecule has 0 aliphatic carbocycles. The van der Waals surface area contributed by atoms with Crippen molar-refractivity contribution in [1.29, 1.82) is 0 Å². The van der Waals surface area contributed by atoms with Gasteiger partial charge in [-0.2, -0.15) is 0 Å². The van der Waals surface area contributed by atoms with Gasteiger partial charge in [0.2, 0.25) is 0 Å². The summed E-state index contributed by atoms with van der Waals surface area (Å²) in [7, 11) is 2.08. The predicted octanol–water partition coefficient (Wildman–Crippen LogP) is 12.2. The monoisotopic (exact) mass is 821 g/mol. The van der Waals surface area contributed by atoms with E-state index in [1.165, 1.54) is 83.5 Å². The molecule has 0 bridgehead atoms. The minimum atomic E-state index is -0.436. The molecule has 0 aromatic carbocycles. The van der Waals surface area contributed by atoms with Crippen LogP contribution in [0.4, 0.5) is 0 Å². The second kappa shape index (κ2) is 40.2. The topological polar surface area (TPSA) is 105 Å². The van der Waals surface area contributed by atoms with Crippen molar-refractivity contribution in [2.75, 3.05) is 53.2 Å². The molecule has 0 amide bonds. The Hall–Kier alpha value is -2.23. The van der Waals surface area contributed by atoms with E-state index in [0.717, 1.165) is 90.1 Å². The lowest BCUT2D eigenvalue weighted by Crippen LogP contribution is -2.35. The molecule has 1 fully saturated rings. The van der Waals surface area contributed by atoms with Gasteiger partial charge in [-0.3, -0.25) is 9.59 Å². The molecule has 58 heavy (non-hydrogen) atoms. The van der Waals surface area contributed by atoms with Crippen LogP contribution in [-0.4, -0.2) is 87.1 Å². The first kappa shape index (κ1) is 53.8. The highest BCUT2D eigenvalue weighted by Crippen LogP contribution is 2.19. The molecule has 1 aliphatic heterocycles. The average Bonchev–Trinajstić information content (AvgIpc) is 3.22. The van der Waals surface area contributed by atoms with Crippen molar-refractivity contribution in [3.05, 3.63) is 24.3 Å². The molecule has 1 rings (SSSR count). The fourth-order valence-electron chi connectivity index (χ4n) is 7.01. The van der Waals surface area contributed by atoms with Crippen molar-refractivity contribution in [3.8, 4) is 0 Å². The zero-order valence-corrected chi connectivity index (χ0v) is 38.0. The van der Waals surface area contributed by atoms with E-state index < -0.39 is 12.2 Å². The first-order chi connectivity index (χ1) is 28.4. The van der Waals surface area contributed by atoms with Crippen molar-refractivity contribution >= 4 is 17.9 Å². The first-order valence-corrected chi connectivity index (χ1v) is 24.1. The maximum atomic E-state index is 13.0. The van der Waals surface area contributed by atoms with Gasteiger partial charge in [-0.25, -0.2) is 0 Å². The van der Waals surface area contributed by atoms with E-state index in [4.69, 9.17) is 23.7 Å². The van der Waals surface area contributed by atoms with Crippen LogP contribution in [0.2, 0.25) is 0 Å². The van der Waals surface area contributed by atoms with Gasteiger partial charge in [-0.15, -0.1) is 0 Å². The van der Waals surface area contributed by atoms with Gasteiger partial charge in [0.25, 0.3) is 0 Å². The van der Waals surface area contributed by atoms with Gasteiger partial charge in [0.15, 0.2) is 12.9 Å². The highest BCUT2D eigenvalue weighted by atomic mass is 16.7. The number of hydrogen-bond donors (Lipinski definition) is 0. The van der Waals surface area contributed by atoms with Gasteiger partial charge >= 0.3 is 17.9 Å². The van der Waals surface area contributed by atoms with Crippen molar-refractivity contribution in [2.45, 2.75) is 207 Å². The Morgan fingerprint density at radius 2 is 1.03 bits per heavy atom. The molecular weight excluding hydrogens is 731 g/mol. The molecule has 0 spiro atoms. The molecule has 0 saturated carbocycles. The Labute approximate surface area is 356 Å². The third-order valence-corrected chi connectivity index (χ3v) is 11.0. The fourth-order valence-corrected chi connectivity index (χ4v) is 7.01. The quantitative estimate of drug-likeness (QED) is 0.0150. The van der Waals surface area contributed by atoms with Crippen LogP contribution < -0.4 is 0 Å². The van der Waals surface area contributed by atoms with E-state index in [-0.39, 0.29) is 50.1 Å². The summed E-state index contributed by atoms with van der Waals surface area (Å²) in [5.41, 5.74) is 0. The Morgan fingerprint density at radius 3 is 1.60 bits per heavy atom. The maximum Gasteiger partial charge on any atom is 0.485 e. The summed E-state index contributed by atoms with van der Waals surface area (Å²) in [5.74, 6) is -0.993. The second-order valence-electron chi connectivity index (χ2n) is 16.7. The van der Waals surface area contributed by atoms with Gasteiger partial charge in [-0.1, -0.05) is 141 Å². The van der Waals surface area contributed by atoms with Crippen LogP contribution in [0.1, 0.15) is 201 Å². The Kier molecular flexibility index (Phi) is 37.3. The Bertz CT molecular complexity index is 1010. The van der Waals surface area contributed by atoms with Gasteiger partial charge in [0, 0.05) is 26.1 Å². The van der Waals surface area contributed by atoms with Crippen LogP contribution in [0, 0.1) is 11.8 Å².